The summed E-state index contributed by atoms with van der Waals surface area (Å²) in [7, 11) is 0. The van der Waals surface area contributed by atoms with Crippen LogP contribution in [0.2, 0.25) is 0 Å². The molecule has 0 amide bonds. The highest BCUT2D eigenvalue weighted by Gasteiger charge is 2.19. The van der Waals surface area contributed by atoms with Gasteiger partial charge < -0.3 is 14.2 Å². The Balaban J connectivity index is 3.98. The Bertz CT molecular complexity index is 1060. The summed E-state index contributed by atoms with van der Waals surface area (Å²) in [6, 6.07) is 0. The van der Waals surface area contributed by atoms with E-state index in [0.29, 0.717) is 19.3 Å². The van der Waals surface area contributed by atoms with Gasteiger partial charge in [-0.1, -0.05) is 342 Å². The molecule has 0 aliphatic heterocycles. The Morgan fingerprint density at radius 3 is 0.563 bits per heavy atom. The molecule has 0 aromatic carbocycles. The van der Waals surface area contributed by atoms with E-state index in [1.807, 2.05) is 0 Å². The number of esters is 3. The molecule has 0 spiro atoms. The second-order valence-electron chi connectivity index (χ2n) is 22.4. The maximum Gasteiger partial charge on any atom is 0.306 e. The fraction of sp³-hybridized carbons (Fsp3) is 0.954. The van der Waals surface area contributed by atoms with E-state index in [1.54, 1.807) is 0 Å². The third-order valence-electron chi connectivity index (χ3n) is 15.1. The molecule has 1 unspecified atom stereocenters. The van der Waals surface area contributed by atoms with Crippen LogP contribution in [0.25, 0.3) is 0 Å². The van der Waals surface area contributed by atoms with Gasteiger partial charge in [0.1, 0.15) is 13.2 Å². The van der Waals surface area contributed by atoms with Gasteiger partial charge in [-0.25, -0.2) is 0 Å². The highest BCUT2D eigenvalue weighted by atomic mass is 16.6. The van der Waals surface area contributed by atoms with Gasteiger partial charge >= 0.3 is 17.9 Å². The Labute approximate surface area is 444 Å². The van der Waals surface area contributed by atoms with Crippen LogP contribution in [0.1, 0.15) is 380 Å². The lowest BCUT2D eigenvalue weighted by molar-refractivity contribution is -0.167. The van der Waals surface area contributed by atoms with Crippen molar-refractivity contribution < 1.29 is 28.6 Å². The zero-order valence-electron chi connectivity index (χ0n) is 48.5. The topological polar surface area (TPSA) is 78.9 Å². The Hall–Kier alpha value is -1.59. The largest absolute Gasteiger partial charge is 0.462 e. The van der Waals surface area contributed by atoms with E-state index in [4.69, 9.17) is 14.2 Å². The van der Waals surface area contributed by atoms with E-state index in [0.717, 1.165) is 57.8 Å². The van der Waals surface area contributed by atoms with Crippen LogP contribution in [0.3, 0.4) is 0 Å². The maximum absolute atomic E-state index is 12.8. The lowest BCUT2D eigenvalue weighted by Crippen LogP contribution is -2.30. The molecule has 1 atom stereocenters. The van der Waals surface area contributed by atoms with E-state index in [2.05, 4.69) is 20.8 Å². The van der Waals surface area contributed by atoms with E-state index in [-0.39, 0.29) is 31.1 Å². The molecule has 0 aliphatic rings. The zero-order valence-corrected chi connectivity index (χ0v) is 48.5. The van der Waals surface area contributed by atoms with Crippen molar-refractivity contribution in [3.8, 4) is 0 Å². The molecule has 0 saturated carbocycles. The summed E-state index contributed by atoms with van der Waals surface area (Å²) in [5.74, 6) is -0.838. The quantitative estimate of drug-likeness (QED) is 0.0343. The highest BCUT2D eigenvalue weighted by molar-refractivity contribution is 5.71. The predicted octanol–water partition coefficient (Wildman–Crippen LogP) is 21.9. The number of carbonyl (C=O) groups excluding carboxylic acids is 3. The minimum absolute atomic E-state index is 0.0616. The van der Waals surface area contributed by atoms with Crippen molar-refractivity contribution in [3.63, 3.8) is 0 Å². The number of unbranched alkanes of at least 4 members (excludes halogenated alkanes) is 50. The first-order valence-electron chi connectivity index (χ1n) is 32.5. The van der Waals surface area contributed by atoms with Crippen LogP contribution in [-0.2, 0) is 28.6 Å². The molecule has 422 valence electrons. The van der Waals surface area contributed by atoms with Gasteiger partial charge in [0.2, 0.25) is 0 Å². The van der Waals surface area contributed by atoms with Crippen LogP contribution in [0.5, 0.6) is 0 Å². The fourth-order valence-corrected chi connectivity index (χ4v) is 10.2. The van der Waals surface area contributed by atoms with Crippen molar-refractivity contribution in [2.24, 2.45) is 0 Å². The highest BCUT2D eigenvalue weighted by Crippen LogP contribution is 2.19. The lowest BCUT2D eigenvalue weighted by atomic mass is 10.0. The Kier molecular flexibility index (Phi) is 59.6. The minimum atomic E-state index is -0.760. The summed E-state index contributed by atoms with van der Waals surface area (Å²) in [6.45, 7) is 6.68. The third kappa shape index (κ3) is 59.2. The molecule has 0 heterocycles. The van der Waals surface area contributed by atoms with Crippen LogP contribution < -0.4 is 0 Å². The SMILES string of the molecule is CCCCCCCCCCCCCCCCCCCCCCCCCCCCCCCC(=O)OCC(COC(=O)CCCCCCCCC)OC(=O)CCCCCCCCCCCCCCCCCCC. The molecule has 71 heavy (non-hydrogen) atoms. The van der Waals surface area contributed by atoms with Crippen molar-refractivity contribution in [2.45, 2.75) is 386 Å². The second-order valence-corrected chi connectivity index (χ2v) is 22.4. The van der Waals surface area contributed by atoms with Crippen LogP contribution in [0.4, 0.5) is 0 Å². The molecule has 0 rings (SSSR count). The van der Waals surface area contributed by atoms with E-state index < -0.39 is 6.10 Å². The first kappa shape index (κ1) is 69.4. The number of rotatable bonds is 61. The normalized spacial score (nSPS) is 11.9. The molecule has 0 fully saturated rings. The summed E-state index contributed by atoms with van der Waals surface area (Å²) in [6.07, 6.45) is 70.1. The third-order valence-corrected chi connectivity index (χ3v) is 15.1. The molecule has 0 aromatic rings. The van der Waals surface area contributed by atoms with Crippen molar-refractivity contribution in [3.05, 3.63) is 0 Å². The first-order valence-corrected chi connectivity index (χ1v) is 32.5. The number of hydrogen-bond donors (Lipinski definition) is 0. The van der Waals surface area contributed by atoms with Gasteiger partial charge in [0.05, 0.1) is 0 Å². The van der Waals surface area contributed by atoms with Crippen molar-refractivity contribution >= 4 is 17.9 Å². The molecule has 0 N–H and O–H groups in total. The molecular formula is C65H126O6. The van der Waals surface area contributed by atoms with Gasteiger partial charge in [-0.05, 0) is 19.3 Å². The van der Waals surface area contributed by atoms with Crippen molar-refractivity contribution in [2.75, 3.05) is 13.2 Å². The Morgan fingerprint density at radius 2 is 0.380 bits per heavy atom. The molecule has 0 bridgehead atoms. The van der Waals surface area contributed by atoms with E-state index in [9.17, 15) is 14.4 Å². The molecular weight excluding hydrogens is 877 g/mol. The van der Waals surface area contributed by atoms with E-state index >= 15 is 0 Å². The van der Waals surface area contributed by atoms with Crippen molar-refractivity contribution in [1.29, 1.82) is 0 Å². The Morgan fingerprint density at radius 1 is 0.225 bits per heavy atom. The number of hydrogen-bond acceptors (Lipinski definition) is 6. The summed E-state index contributed by atoms with van der Waals surface area (Å²) < 4.78 is 16.8. The standard InChI is InChI=1S/C65H126O6/c1-4-7-10-13-16-18-20-22-24-26-27-28-29-30-31-32-33-34-35-36-37-39-40-42-44-46-49-52-55-58-64(67)70-61-62(60-69-63(66)57-54-51-48-15-12-9-6-3)71-65(68)59-56-53-50-47-45-43-41-38-25-23-21-19-17-14-11-8-5-2/h62H,4-61H2,1-3H3. The molecule has 0 aromatic heterocycles. The van der Waals surface area contributed by atoms with Crippen LogP contribution in [0.15, 0.2) is 0 Å². The van der Waals surface area contributed by atoms with Gasteiger partial charge in [0, 0.05) is 19.3 Å². The molecule has 0 saturated heterocycles. The van der Waals surface area contributed by atoms with Gasteiger partial charge in [-0.15, -0.1) is 0 Å². The lowest BCUT2D eigenvalue weighted by Gasteiger charge is -2.18. The number of carbonyl (C=O) groups is 3. The number of ether oxygens (including phenoxy) is 3. The zero-order chi connectivity index (χ0) is 51.4. The summed E-state index contributed by atoms with van der Waals surface area (Å²) in [5.41, 5.74) is 0. The first-order chi connectivity index (χ1) is 35.0. The molecule has 0 aliphatic carbocycles. The summed E-state index contributed by atoms with van der Waals surface area (Å²) >= 11 is 0. The monoisotopic (exact) mass is 1000 g/mol. The van der Waals surface area contributed by atoms with Gasteiger partial charge in [0.25, 0.3) is 0 Å². The average molecular weight is 1000 g/mol. The van der Waals surface area contributed by atoms with Gasteiger partial charge in [0.15, 0.2) is 6.10 Å². The van der Waals surface area contributed by atoms with Gasteiger partial charge in [-0.3, -0.25) is 14.4 Å². The molecule has 6 heteroatoms. The minimum Gasteiger partial charge on any atom is -0.462 e. The average Bonchev–Trinajstić information content (AvgIpc) is 3.37. The summed E-state index contributed by atoms with van der Waals surface area (Å²) in [4.78, 5) is 38.0. The second kappa shape index (κ2) is 61.0. The molecule has 6 nitrogen and oxygen atoms in total. The van der Waals surface area contributed by atoms with Gasteiger partial charge in [-0.2, -0.15) is 0 Å². The van der Waals surface area contributed by atoms with E-state index in [1.165, 1.54) is 283 Å². The predicted molar refractivity (Wildman–Crippen MR) is 307 cm³/mol. The van der Waals surface area contributed by atoms with Crippen LogP contribution >= 0.6 is 0 Å². The van der Waals surface area contributed by atoms with Crippen molar-refractivity contribution in [1.82, 2.24) is 0 Å². The fourth-order valence-electron chi connectivity index (χ4n) is 10.2. The summed E-state index contributed by atoms with van der Waals surface area (Å²) in [5, 5.41) is 0. The molecule has 0 radical (unpaired) electrons. The van der Waals surface area contributed by atoms with Crippen LogP contribution in [-0.4, -0.2) is 37.2 Å². The smallest absolute Gasteiger partial charge is 0.306 e. The van der Waals surface area contributed by atoms with Crippen LogP contribution in [0, 0.1) is 0 Å². The maximum atomic E-state index is 12.8.